The summed E-state index contributed by atoms with van der Waals surface area (Å²) in [5, 5.41) is 2.73. The first kappa shape index (κ1) is 23.8. The molecule has 1 N–H and O–H groups in total. The largest absolute Gasteiger partial charge is 0.452 e. The molecule has 3 amide bonds. The normalized spacial score (nSPS) is 13.3. The van der Waals surface area contributed by atoms with E-state index in [9.17, 15) is 19.2 Å². The van der Waals surface area contributed by atoms with E-state index in [1.54, 1.807) is 43.3 Å². The monoisotopic (exact) mass is 453 g/mol. The summed E-state index contributed by atoms with van der Waals surface area (Å²) in [4.78, 5) is 52.5. The van der Waals surface area contributed by atoms with Gasteiger partial charge in [0.15, 0.2) is 6.61 Å². The van der Waals surface area contributed by atoms with Crippen LogP contribution in [0.2, 0.25) is 0 Å². The topological polar surface area (TPSA) is 105 Å². The Balaban J connectivity index is 1.55. The quantitative estimate of drug-likeness (QED) is 0.675. The smallest absolute Gasteiger partial charge is 0.409 e. The molecule has 0 spiro atoms. The molecule has 174 valence electrons. The third-order valence-corrected chi connectivity index (χ3v) is 5.16. The molecule has 1 heterocycles. The van der Waals surface area contributed by atoms with E-state index in [4.69, 9.17) is 9.47 Å². The Kier molecular flexibility index (Phi) is 8.01. The first-order valence-electron chi connectivity index (χ1n) is 10.7. The van der Waals surface area contributed by atoms with Gasteiger partial charge in [0, 0.05) is 31.7 Å². The molecule has 9 nitrogen and oxygen atoms in total. The van der Waals surface area contributed by atoms with Crippen molar-refractivity contribution in [2.75, 3.05) is 44.7 Å². The highest BCUT2D eigenvalue weighted by Gasteiger charge is 2.26. The molecule has 1 aliphatic heterocycles. The third-order valence-electron chi connectivity index (χ3n) is 5.16. The van der Waals surface area contributed by atoms with Crippen LogP contribution >= 0.6 is 0 Å². The average Bonchev–Trinajstić information content (AvgIpc) is 2.83. The molecule has 0 atom stereocenters. The number of hydrogen-bond acceptors (Lipinski definition) is 6. The lowest BCUT2D eigenvalue weighted by Crippen LogP contribution is -2.51. The Morgan fingerprint density at radius 1 is 0.909 bits per heavy atom. The number of carbonyl (C=O) groups is 4. The summed E-state index contributed by atoms with van der Waals surface area (Å²) in [7, 11) is 0. The van der Waals surface area contributed by atoms with E-state index < -0.39 is 18.7 Å². The lowest BCUT2D eigenvalue weighted by molar-refractivity contribution is -0.136. The minimum Gasteiger partial charge on any atom is -0.452 e. The fourth-order valence-corrected chi connectivity index (χ4v) is 3.40. The molecule has 0 aliphatic carbocycles. The molecule has 1 fully saturated rings. The van der Waals surface area contributed by atoms with Crippen LogP contribution in [0, 0.1) is 6.92 Å². The van der Waals surface area contributed by atoms with Crippen molar-refractivity contribution in [3.8, 4) is 0 Å². The SMILES string of the molecule is CCOC(=O)N1CCN(C(=O)COC(=O)c2ccccc2NC(=O)c2cccc(C)c2)CC1. The zero-order valence-corrected chi connectivity index (χ0v) is 18.7. The number of benzene rings is 2. The molecule has 1 aliphatic rings. The van der Waals surface area contributed by atoms with Crippen LogP contribution in [-0.4, -0.2) is 73.1 Å². The van der Waals surface area contributed by atoms with E-state index in [2.05, 4.69) is 5.32 Å². The molecule has 33 heavy (non-hydrogen) atoms. The fourth-order valence-electron chi connectivity index (χ4n) is 3.40. The van der Waals surface area contributed by atoms with Crippen molar-refractivity contribution in [2.45, 2.75) is 13.8 Å². The maximum Gasteiger partial charge on any atom is 0.409 e. The van der Waals surface area contributed by atoms with Gasteiger partial charge in [0.25, 0.3) is 11.8 Å². The van der Waals surface area contributed by atoms with Gasteiger partial charge in [-0.15, -0.1) is 0 Å². The van der Waals surface area contributed by atoms with Gasteiger partial charge in [0.2, 0.25) is 0 Å². The minimum absolute atomic E-state index is 0.151. The molecule has 2 aromatic rings. The number of hydrogen-bond donors (Lipinski definition) is 1. The molecular weight excluding hydrogens is 426 g/mol. The molecule has 1 saturated heterocycles. The Morgan fingerprint density at radius 2 is 1.61 bits per heavy atom. The number of amides is 3. The highest BCUT2D eigenvalue weighted by molar-refractivity contribution is 6.08. The second-order valence-corrected chi connectivity index (χ2v) is 7.51. The molecule has 2 aromatic carbocycles. The number of ether oxygens (including phenoxy) is 2. The summed E-state index contributed by atoms with van der Waals surface area (Å²) in [6.07, 6.45) is -0.402. The van der Waals surface area contributed by atoms with Crippen LogP contribution in [0.1, 0.15) is 33.2 Å². The lowest BCUT2D eigenvalue weighted by Gasteiger charge is -2.33. The number of piperazine rings is 1. The molecule has 0 bridgehead atoms. The first-order valence-corrected chi connectivity index (χ1v) is 10.7. The Bertz CT molecular complexity index is 1030. The van der Waals surface area contributed by atoms with Gasteiger partial charge in [-0.25, -0.2) is 9.59 Å². The van der Waals surface area contributed by atoms with Gasteiger partial charge in [-0.1, -0.05) is 29.8 Å². The van der Waals surface area contributed by atoms with Gasteiger partial charge in [0.05, 0.1) is 17.9 Å². The van der Waals surface area contributed by atoms with Crippen molar-refractivity contribution in [1.82, 2.24) is 9.80 Å². The van der Waals surface area contributed by atoms with Crippen molar-refractivity contribution < 1.29 is 28.7 Å². The van der Waals surface area contributed by atoms with Crippen LogP contribution < -0.4 is 5.32 Å². The summed E-state index contributed by atoms with van der Waals surface area (Å²) in [6.45, 7) is 4.85. The van der Waals surface area contributed by atoms with E-state index >= 15 is 0 Å². The summed E-state index contributed by atoms with van der Waals surface area (Å²) >= 11 is 0. The number of aryl methyl sites for hydroxylation is 1. The average molecular weight is 453 g/mol. The molecule has 0 aromatic heterocycles. The second kappa shape index (κ2) is 11.1. The molecule has 3 rings (SSSR count). The molecule has 0 unspecified atom stereocenters. The van der Waals surface area contributed by atoms with Crippen LogP contribution in [0.25, 0.3) is 0 Å². The zero-order chi connectivity index (χ0) is 23.8. The minimum atomic E-state index is -0.714. The summed E-state index contributed by atoms with van der Waals surface area (Å²) in [5.41, 5.74) is 1.86. The van der Waals surface area contributed by atoms with Gasteiger partial charge >= 0.3 is 12.1 Å². The van der Waals surface area contributed by atoms with E-state index in [0.717, 1.165) is 5.56 Å². The van der Waals surface area contributed by atoms with Crippen LogP contribution in [0.4, 0.5) is 10.5 Å². The van der Waals surface area contributed by atoms with Crippen molar-refractivity contribution >= 4 is 29.6 Å². The molecule has 0 radical (unpaired) electrons. The third kappa shape index (κ3) is 6.31. The zero-order valence-electron chi connectivity index (χ0n) is 18.7. The van der Waals surface area contributed by atoms with Crippen LogP contribution in [0.15, 0.2) is 48.5 Å². The summed E-state index contributed by atoms with van der Waals surface area (Å²) < 4.78 is 10.2. The number of anilines is 1. The van der Waals surface area contributed by atoms with Crippen molar-refractivity contribution in [3.63, 3.8) is 0 Å². The summed E-state index contributed by atoms with van der Waals surface area (Å²) in [6, 6.07) is 13.6. The van der Waals surface area contributed by atoms with E-state index in [1.807, 2.05) is 13.0 Å². The Hall–Kier alpha value is -3.88. The maximum absolute atomic E-state index is 12.6. The molecular formula is C24H27N3O6. The summed E-state index contributed by atoms with van der Waals surface area (Å²) in [5.74, 6) is -1.42. The maximum atomic E-state index is 12.6. The van der Waals surface area contributed by atoms with E-state index in [1.165, 1.54) is 15.9 Å². The fraction of sp³-hybridized carbons (Fsp3) is 0.333. The van der Waals surface area contributed by atoms with Gasteiger partial charge in [0.1, 0.15) is 0 Å². The number of para-hydroxylation sites is 1. The number of esters is 1. The standard InChI is InChI=1S/C24H27N3O6/c1-3-32-24(31)27-13-11-26(12-14-27)21(28)16-33-23(30)19-9-4-5-10-20(19)25-22(29)18-8-6-7-17(2)15-18/h4-10,15H,3,11-14,16H2,1-2H3,(H,25,29). The van der Waals surface area contributed by atoms with Crippen LogP contribution in [-0.2, 0) is 14.3 Å². The van der Waals surface area contributed by atoms with Gasteiger partial charge in [-0.3, -0.25) is 9.59 Å². The predicted octanol–water partition coefficient (Wildman–Crippen LogP) is 2.70. The van der Waals surface area contributed by atoms with Crippen LogP contribution in [0.5, 0.6) is 0 Å². The Labute approximate surface area is 192 Å². The van der Waals surface area contributed by atoms with Crippen molar-refractivity contribution in [2.24, 2.45) is 0 Å². The molecule has 0 saturated carbocycles. The van der Waals surface area contributed by atoms with Crippen LogP contribution in [0.3, 0.4) is 0 Å². The van der Waals surface area contributed by atoms with Crippen molar-refractivity contribution in [3.05, 3.63) is 65.2 Å². The first-order chi connectivity index (χ1) is 15.9. The van der Waals surface area contributed by atoms with E-state index in [-0.39, 0.29) is 17.4 Å². The van der Waals surface area contributed by atoms with Gasteiger partial charge in [-0.05, 0) is 38.1 Å². The predicted molar refractivity (Wildman–Crippen MR) is 121 cm³/mol. The number of nitrogens with zero attached hydrogens (tertiary/aromatic N) is 2. The van der Waals surface area contributed by atoms with Crippen molar-refractivity contribution in [1.29, 1.82) is 0 Å². The van der Waals surface area contributed by atoms with Gasteiger partial charge in [-0.2, -0.15) is 0 Å². The number of nitrogens with one attached hydrogen (secondary N) is 1. The number of rotatable bonds is 6. The van der Waals surface area contributed by atoms with Gasteiger partial charge < -0.3 is 24.6 Å². The van der Waals surface area contributed by atoms with E-state index in [0.29, 0.717) is 44.0 Å². The molecule has 9 heteroatoms. The number of carbonyl (C=O) groups excluding carboxylic acids is 4. The second-order valence-electron chi connectivity index (χ2n) is 7.51. The highest BCUT2D eigenvalue weighted by atomic mass is 16.6. The Morgan fingerprint density at radius 3 is 2.30 bits per heavy atom. The lowest BCUT2D eigenvalue weighted by atomic mass is 10.1. The highest BCUT2D eigenvalue weighted by Crippen LogP contribution is 2.18.